The zero-order valence-electron chi connectivity index (χ0n) is 9.62. The highest BCUT2D eigenvalue weighted by molar-refractivity contribution is 6.32. The molecule has 1 rings (SSSR count). The molecule has 1 aromatic carbocycles. The normalized spacial score (nSPS) is 9.88. The second-order valence-electron chi connectivity index (χ2n) is 3.17. The fraction of sp³-hybridized carbons (Fsp3) is 0.364. The first-order valence-corrected chi connectivity index (χ1v) is 5.32. The van der Waals surface area contributed by atoms with Crippen molar-refractivity contribution in [2.75, 3.05) is 27.4 Å². The molecule has 0 aliphatic heterocycles. The summed E-state index contributed by atoms with van der Waals surface area (Å²) in [7, 11) is 2.93. The SMILES string of the molecule is COc1cc(C(=O)NCCO)cc(Cl)c1OC. The van der Waals surface area contributed by atoms with Crippen LogP contribution in [0.25, 0.3) is 0 Å². The van der Waals surface area contributed by atoms with Crippen molar-refractivity contribution in [1.82, 2.24) is 5.32 Å². The molecule has 94 valence electrons. The summed E-state index contributed by atoms with van der Waals surface area (Å²) in [4.78, 5) is 11.6. The number of aliphatic hydroxyl groups is 1. The van der Waals surface area contributed by atoms with Crippen LogP contribution in [0.1, 0.15) is 10.4 Å². The molecule has 0 saturated heterocycles. The molecular weight excluding hydrogens is 246 g/mol. The van der Waals surface area contributed by atoms with Gasteiger partial charge in [-0.15, -0.1) is 0 Å². The molecule has 2 N–H and O–H groups in total. The summed E-state index contributed by atoms with van der Waals surface area (Å²) in [5.41, 5.74) is 0.348. The van der Waals surface area contributed by atoms with E-state index in [-0.39, 0.29) is 19.1 Å². The maximum atomic E-state index is 11.6. The number of methoxy groups -OCH3 is 2. The monoisotopic (exact) mass is 259 g/mol. The zero-order valence-corrected chi connectivity index (χ0v) is 10.4. The molecule has 6 heteroatoms. The summed E-state index contributed by atoms with van der Waals surface area (Å²) in [6, 6.07) is 3.01. The van der Waals surface area contributed by atoms with Gasteiger partial charge in [0.2, 0.25) is 0 Å². The first-order chi connectivity index (χ1) is 8.13. The van der Waals surface area contributed by atoms with Crippen LogP contribution in [0.15, 0.2) is 12.1 Å². The fourth-order valence-corrected chi connectivity index (χ4v) is 1.61. The van der Waals surface area contributed by atoms with Gasteiger partial charge in [-0.3, -0.25) is 4.79 Å². The van der Waals surface area contributed by atoms with Crippen LogP contribution in [0.4, 0.5) is 0 Å². The minimum atomic E-state index is -0.332. The summed E-state index contributed by atoms with van der Waals surface area (Å²) in [6.45, 7) is 0.0670. The smallest absolute Gasteiger partial charge is 0.251 e. The van der Waals surface area contributed by atoms with E-state index in [1.54, 1.807) is 0 Å². The molecule has 0 atom stereocenters. The fourth-order valence-electron chi connectivity index (χ4n) is 1.32. The maximum Gasteiger partial charge on any atom is 0.251 e. The molecule has 0 radical (unpaired) electrons. The number of carbonyl (C=O) groups is 1. The topological polar surface area (TPSA) is 67.8 Å². The van der Waals surface area contributed by atoms with Crippen molar-refractivity contribution < 1.29 is 19.4 Å². The number of halogens is 1. The van der Waals surface area contributed by atoms with Crippen molar-refractivity contribution in [2.45, 2.75) is 0 Å². The van der Waals surface area contributed by atoms with E-state index in [9.17, 15) is 4.79 Å². The number of aliphatic hydroxyl groups excluding tert-OH is 1. The Morgan fingerprint density at radius 1 is 1.41 bits per heavy atom. The molecule has 0 heterocycles. The van der Waals surface area contributed by atoms with E-state index in [0.717, 1.165) is 0 Å². The molecule has 0 spiro atoms. The lowest BCUT2D eigenvalue weighted by atomic mass is 10.2. The number of nitrogens with one attached hydrogen (secondary N) is 1. The van der Waals surface area contributed by atoms with Gasteiger partial charge in [0.25, 0.3) is 5.91 Å². The van der Waals surface area contributed by atoms with Crippen molar-refractivity contribution >= 4 is 17.5 Å². The van der Waals surface area contributed by atoms with Crippen molar-refractivity contribution in [3.63, 3.8) is 0 Å². The van der Waals surface area contributed by atoms with Gasteiger partial charge < -0.3 is 19.9 Å². The molecule has 0 saturated carbocycles. The summed E-state index contributed by atoms with van der Waals surface area (Å²) < 4.78 is 10.1. The minimum absolute atomic E-state index is 0.118. The Balaban J connectivity index is 3.02. The molecule has 0 unspecified atom stereocenters. The lowest BCUT2D eigenvalue weighted by Crippen LogP contribution is -2.26. The number of amides is 1. The second kappa shape index (κ2) is 6.32. The van der Waals surface area contributed by atoms with Gasteiger partial charge in [0.1, 0.15) is 0 Å². The second-order valence-corrected chi connectivity index (χ2v) is 3.58. The summed E-state index contributed by atoms with van der Waals surface area (Å²) in [5, 5.41) is 11.4. The average Bonchev–Trinajstić information content (AvgIpc) is 2.34. The van der Waals surface area contributed by atoms with Crippen LogP contribution in [0.3, 0.4) is 0 Å². The Morgan fingerprint density at radius 3 is 2.65 bits per heavy atom. The summed E-state index contributed by atoms with van der Waals surface area (Å²) in [6.07, 6.45) is 0. The van der Waals surface area contributed by atoms with E-state index in [1.165, 1.54) is 26.4 Å². The molecule has 5 nitrogen and oxygen atoms in total. The average molecular weight is 260 g/mol. The van der Waals surface area contributed by atoms with E-state index >= 15 is 0 Å². The van der Waals surface area contributed by atoms with Gasteiger partial charge in [0.15, 0.2) is 11.5 Å². The summed E-state index contributed by atoms with van der Waals surface area (Å²) >= 11 is 5.96. The zero-order chi connectivity index (χ0) is 12.8. The van der Waals surface area contributed by atoms with E-state index in [0.29, 0.717) is 22.1 Å². The number of hydrogen-bond donors (Lipinski definition) is 2. The lowest BCUT2D eigenvalue weighted by Gasteiger charge is -2.11. The first kappa shape index (κ1) is 13.6. The Morgan fingerprint density at radius 2 is 2.12 bits per heavy atom. The third-order valence-corrected chi connectivity index (χ3v) is 2.37. The molecule has 0 bridgehead atoms. The van der Waals surface area contributed by atoms with Gasteiger partial charge in [-0.25, -0.2) is 0 Å². The van der Waals surface area contributed by atoms with Gasteiger partial charge in [0, 0.05) is 12.1 Å². The molecule has 0 aliphatic rings. The van der Waals surface area contributed by atoms with E-state index in [4.69, 9.17) is 26.2 Å². The van der Waals surface area contributed by atoms with Gasteiger partial charge in [0.05, 0.1) is 25.8 Å². The molecule has 17 heavy (non-hydrogen) atoms. The number of carbonyl (C=O) groups excluding carboxylic acids is 1. The Bertz CT molecular complexity index is 409. The maximum absolute atomic E-state index is 11.6. The Labute approximate surface area is 104 Å². The molecule has 1 aromatic rings. The summed E-state index contributed by atoms with van der Waals surface area (Å²) in [5.74, 6) is 0.434. The Hall–Kier alpha value is -1.46. The van der Waals surface area contributed by atoms with Crippen molar-refractivity contribution in [1.29, 1.82) is 0 Å². The first-order valence-electron chi connectivity index (χ1n) is 4.94. The van der Waals surface area contributed by atoms with E-state index in [2.05, 4.69) is 5.32 Å². The minimum Gasteiger partial charge on any atom is -0.493 e. The van der Waals surface area contributed by atoms with E-state index < -0.39 is 0 Å². The van der Waals surface area contributed by atoms with Crippen LogP contribution < -0.4 is 14.8 Å². The number of benzene rings is 1. The van der Waals surface area contributed by atoms with E-state index in [1.807, 2.05) is 0 Å². The van der Waals surface area contributed by atoms with Gasteiger partial charge >= 0.3 is 0 Å². The van der Waals surface area contributed by atoms with Crippen molar-refractivity contribution in [2.24, 2.45) is 0 Å². The highest BCUT2D eigenvalue weighted by atomic mass is 35.5. The van der Waals surface area contributed by atoms with Crippen LogP contribution in [0.2, 0.25) is 5.02 Å². The lowest BCUT2D eigenvalue weighted by molar-refractivity contribution is 0.0944. The highest BCUT2D eigenvalue weighted by Gasteiger charge is 2.14. The van der Waals surface area contributed by atoms with Crippen molar-refractivity contribution in [3.05, 3.63) is 22.7 Å². The number of rotatable bonds is 5. The molecule has 0 fully saturated rings. The van der Waals surface area contributed by atoms with Crippen LogP contribution >= 0.6 is 11.6 Å². The number of ether oxygens (including phenoxy) is 2. The quantitative estimate of drug-likeness (QED) is 0.830. The largest absolute Gasteiger partial charge is 0.493 e. The highest BCUT2D eigenvalue weighted by Crippen LogP contribution is 2.35. The number of hydrogen-bond acceptors (Lipinski definition) is 4. The third-order valence-electron chi connectivity index (χ3n) is 2.09. The van der Waals surface area contributed by atoms with Crippen LogP contribution in [-0.2, 0) is 0 Å². The molecular formula is C11H14ClNO4. The van der Waals surface area contributed by atoms with Gasteiger partial charge in [-0.1, -0.05) is 11.6 Å². The molecule has 0 aromatic heterocycles. The predicted octanol–water partition coefficient (Wildman–Crippen LogP) is 1.08. The molecule has 0 aliphatic carbocycles. The molecule has 1 amide bonds. The Kier molecular flexibility index (Phi) is 5.06. The van der Waals surface area contributed by atoms with Crippen LogP contribution in [-0.4, -0.2) is 38.4 Å². The van der Waals surface area contributed by atoms with Gasteiger partial charge in [-0.2, -0.15) is 0 Å². The van der Waals surface area contributed by atoms with Gasteiger partial charge in [-0.05, 0) is 12.1 Å². The van der Waals surface area contributed by atoms with Crippen LogP contribution in [0.5, 0.6) is 11.5 Å². The standard InChI is InChI=1S/C11H14ClNO4/c1-16-9-6-7(11(15)13-3-4-14)5-8(12)10(9)17-2/h5-6,14H,3-4H2,1-2H3,(H,13,15). The van der Waals surface area contributed by atoms with Crippen molar-refractivity contribution in [3.8, 4) is 11.5 Å². The van der Waals surface area contributed by atoms with Crippen LogP contribution in [0, 0.1) is 0 Å². The third kappa shape index (κ3) is 3.25. The predicted molar refractivity (Wildman–Crippen MR) is 64.0 cm³/mol.